The summed E-state index contributed by atoms with van der Waals surface area (Å²) in [7, 11) is 1.80. The van der Waals surface area contributed by atoms with Gasteiger partial charge in [0.15, 0.2) is 5.65 Å². The van der Waals surface area contributed by atoms with E-state index in [1.807, 2.05) is 41.0 Å². The van der Waals surface area contributed by atoms with Gasteiger partial charge in [-0.05, 0) is 43.2 Å². The van der Waals surface area contributed by atoms with Gasteiger partial charge in [0.2, 0.25) is 0 Å². The quantitative estimate of drug-likeness (QED) is 0.620. The van der Waals surface area contributed by atoms with Gasteiger partial charge in [-0.25, -0.2) is 14.8 Å². The van der Waals surface area contributed by atoms with E-state index in [9.17, 15) is 4.79 Å². The van der Waals surface area contributed by atoms with Crippen LogP contribution in [0.25, 0.3) is 22.1 Å². The van der Waals surface area contributed by atoms with Gasteiger partial charge < -0.3 is 5.32 Å². The Kier molecular flexibility index (Phi) is 3.31. The molecule has 0 bridgehead atoms. The topological polar surface area (TPSA) is 64.7 Å². The molecule has 0 amide bonds. The van der Waals surface area contributed by atoms with Crippen LogP contribution in [-0.2, 0) is 7.05 Å². The Morgan fingerprint density at radius 1 is 1.08 bits per heavy atom. The van der Waals surface area contributed by atoms with Crippen molar-refractivity contribution in [3.63, 3.8) is 0 Å². The van der Waals surface area contributed by atoms with Crippen molar-refractivity contribution in [1.82, 2.24) is 19.1 Å². The molecule has 0 aliphatic heterocycles. The van der Waals surface area contributed by atoms with Crippen molar-refractivity contribution in [2.45, 2.75) is 24.9 Å². The van der Waals surface area contributed by atoms with Crippen LogP contribution in [0.5, 0.6) is 0 Å². The van der Waals surface area contributed by atoms with Gasteiger partial charge in [0.05, 0.1) is 11.0 Å². The number of imidazole rings is 1. The fourth-order valence-corrected chi connectivity index (χ4v) is 3.79. The smallest absolute Gasteiger partial charge is 0.330 e. The van der Waals surface area contributed by atoms with Crippen molar-refractivity contribution in [2.24, 2.45) is 7.05 Å². The molecule has 6 nitrogen and oxygen atoms in total. The lowest BCUT2D eigenvalue weighted by Crippen LogP contribution is -2.41. The van der Waals surface area contributed by atoms with Crippen LogP contribution in [-0.4, -0.2) is 25.1 Å². The summed E-state index contributed by atoms with van der Waals surface area (Å²) in [6, 6.07) is 16.5. The van der Waals surface area contributed by atoms with Gasteiger partial charge in [-0.3, -0.25) is 9.13 Å². The molecule has 0 unspecified atom stereocenters. The Labute approximate surface area is 150 Å². The monoisotopic (exact) mass is 345 g/mol. The summed E-state index contributed by atoms with van der Waals surface area (Å²) in [4.78, 5) is 21.7. The van der Waals surface area contributed by atoms with E-state index in [1.54, 1.807) is 17.8 Å². The lowest BCUT2D eigenvalue weighted by molar-refractivity contribution is 0.280. The van der Waals surface area contributed by atoms with E-state index in [4.69, 9.17) is 0 Å². The number of fused-ring (bicyclic) bond motifs is 2. The Morgan fingerprint density at radius 2 is 1.92 bits per heavy atom. The molecule has 0 saturated heterocycles. The first-order valence-electron chi connectivity index (χ1n) is 8.85. The summed E-state index contributed by atoms with van der Waals surface area (Å²) in [5.74, 6) is 0.885. The second-order valence-corrected chi connectivity index (χ2v) is 6.91. The van der Waals surface area contributed by atoms with Crippen molar-refractivity contribution in [2.75, 3.05) is 5.32 Å². The maximum absolute atomic E-state index is 12.6. The van der Waals surface area contributed by atoms with Crippen molar-refractivity contribution >= 4 is 27.9 Å². The number of aromatic nitrogens is 4. The van der Waals surface area contributed by atoms with Gasteiger partial charge in [-0.15, -0.1) is 0 Å². The Bertz CT molecular complexity index is 1170. The summed E-state index contributed by atoms with van der Waals surface area (Å²) in [5, 5.41) is 4.63. The SMILES string of the molecule is Cn1c(=O)n(C2CC(Nc3ccc4ccccc4n3)C2)c2ncccc21. The highest BCUT2D eigenvalue weighted by Crippen LogP contribution is 2.35. The van der Waals surface area contributed by atoms with Gasteiger partial charge >= 0.3 is 5.69 Å². The van der Waals surface area contributed by atoms with Crippen LogP contribution in [0.2, 0.25) is 0 Å². The summed E-state index contributed by atoms with van der Waals surface area (Å²) < 4.78 is 3.51. The van der Waals surface area contributed by atoms with Crippen LogP contribution >= 0.6 is 0 Å². The molecule has 1 aliphatic carbocycles. The normalized spacial score (nSPS) is 19.6. The van der Waals surface area contributed by atoms with E-state index in [0.717, 1.165) is 40.7 Å². The molecule has 1 aliphatic rings. The van der Waals surface area contributed by atoms with Crippen LogP contribution in [0.1, 0.15) is 18.9 Å². The molecule has 1 aromatic carbocycles. The zero-order chi connectivity index (χ0) is 17.7. The molecule has 1 saturated carbocycles. The predicted molar refractivity (Wildman–Crippen MR) is 102 cm³/mol. The number of rotatable bonds is 3. The van der Waals surface area contributed by atoms with Gasteiger partial charge in [-0.1, -0.05) is 18.2 Å². The average molecular weight is 345 g/mol. The summed E-state index contributed by atoms with van der Waals surface area (Å²) in [6.07, 6.45) is 3.53. The molecule has 26 heavy (non-hydrogen) atoms. The highest BCUT2D eigenvalue weighted by Gasteiger charge is 2.33. The Balaban J connectivity index is 1.36. The number of pyridine rings is 2. The van der Waals surface area contributed by atoms with Gasteiger partial charge in [0.1, 0.15) is 5.82 Å². The van der Waals surface area contributed by atoms with E-state index in [1.165, 1.54) is 0 Å². The second kappa shape index (κ2) is 5.69. The molecule has 3 heterocycles. The fourth-order valence-electron chi connectivity index (χ4n) is 3.79. The molecule has 5 rings (SSSR count). The largest absolute Gasteiger partial charge is 0.367 e. The van der Waals surface area contributed by atoms with Crippen molar-refractivity contribution in [3.05, 3.63) is 65.2 Å². The molecule has 3 aromatic heterocycles. The third-order valence-corrected chi connectivity index (χ3v) is 5.28. The maximum atomic E-state index is 12.6. The van der Waals surface area contributed by atoms with Crippen LogP contribution in [0.4, 0.5) is 5.82 Å². The second-order valence-electron chi connectivity index (χ2n) is 6.91. The standard InChI is InChI=1S/C20H19N5O/c1-24-17-7-4-10-21-19(17)25(20(24)26)15-11-14(12-15)22-18-9-8-13-5-2-3-6-16(13)23-18/h2-10,14-15H,11-12H2,1H3,(H,22,23). The number of para-hydroxylation sites is 1. The van der Waals surface area contributed by atoms with Crippen LogP contribution in [0, 0.1) is 0 Å². The molecular weight excluding hydrogens is 326 g/mol. The summed E-state index contributed by atoms with van der Waals surface area (Å²) >= 11 is 0. The third kappa shape index (κ3) is 2.29. The molecule has 0 atom stereocenters. The molecule has 4 aromatic rings. The highest BCUT2D eigenvalue weighted by atomic mass is 16.1. The van der Waals surface area contributed by atoms with Crippen LogP contribution < -0.4 is 11.0 Å². The van der Waals surface area contributed by atoms with E-state index in [0.29, 0.717) is 6.04 Å². The van der Waals surface area contributed by atoms with Gasteiger partial charge in [-0.2, -0.15) is 0 Å². The molecule has 0 spiro atoms. The number of hydrogen-bond acceptors (Lipinski definition) is 4. The minimum Gasteiger partial charge on any atom is -0.367 e. The van der Waals surface area contributed by atoms with Crippen molar-refractivity contribution in [1.29, 1.82) is 0 Å². The number of aryl methyl sites for hydroxylation is 1. The zero-order valence-corrected chi connectivity index (χ0v) is 14.5. The maximum Gasteiger partial charge on any atom is 0.330 e. The van der Waals surface area contributed by atoms with Gasteiger partial charge in [0, 0.05) is 30.7 Å². The zero-order valence-electron chi connectivity index (χ0n) is 14.5. The lowest BCUT2D eigenvalue weighted by atomic mass is 9.86. The summed E-state index contributed by atoms with van der Waals surface area (Å²) in [5.41, 5.74) is 2.64. The van der Waals surface area contributed by atoms with Gasteiger partial charge in [0.25, 0.3) is 0 Å². The van der Waals surface area contributed by atoms with Crippen molar-refractivity contribution in [3.8, 4) is 0 Å². The minimum absolute atomic E-state index is 0.00554. The first-order valence-corrected chi connectivity index (χ1v) is 8.85. The molecule has 130 valence electrons. The fraction of sp³-hybridized carbons (Fsp3) is 0.250. The first kappa shape index (κ1) is 15.1. The molecule has 0 radical (unpaired) electrons. The van der Waals surface area contributed by atoms with Crippen LogP contribution in [0.3, 0.4) is 0 Å². The van der Waals surface area contributed by atoms with E-state index >= 15 is 0 Å². The number of anilines is 1. The number of benzene rings is 1. The first-order chi connectivity index (χ1) is 12.7. The number of nitrogens with zero attached hydrogens (tertiary/aromatic N) is 4. The molecule has 1 fully saturated rings. The third-order valence-electron chi connectivity index (χ3n) is 5.28. The molecule has 1 N–H and O–H groups in total. The Morgan fingerprint density at radius 3 is 2.81 bits per heavy atom. The van der Waals surface area contributed by atoms with E-state index in [-0.39, 0.29) is 11.7 Å². The Hall–Kier alpha value is -3.15. The molecular formula is C20H19N5O. The van der Waals surface area contributed by atoms with Crippen LogP contribution in [0.15, 0.2) is 59.5 Å². The summed E-state index contributed by atoms with van der Waals surface area (Å²) in [6.45, 7) is 0. The number of hydrogen-bond donors (Lipinski definition) is 1. The van der Waals surface area contributed by atoms with E-state index in [2.05, 4.69) is 27.4 Å². The highest BCUT2D eigenvalue weighted by molar-refractivity contribution is 5.80. The van der Waals surface area contributed by atoms with E-state index < -0.39 is 0 Å². The van der Waals surface area contributed by atoms with Crippen molar-refractivity contribution < 1.29 is 0 Å². The molecule has 6 heteroatoms. The average Bonchev–Trinajstić information content (AvgIpc) is 2.89. The lowest BCUT2D eigenvalue weighted by Gasteiger charge is -2.36. The number of nitrogens with one attached hydrogen (secondary N) is 1. The predicted octanol–water partition coefficient (Wildman–Crippen LogP) is 3.10. The minimum atomic E-state index is 0.00554.